The summed E-state index contributed by atoms with van der Waals surface area (Å²) in [5.41, 5.74) is 0.660. The molecule has 0 aliphatic carbocycles. The van der Waals surface area contributed by atoms with Crippen molar-refractivity contribution in [3.05, 3.63) is 40.0 Å². The van der Waals surface area contributed by atoms with Crippen LogP contribution in [0.5, 0.6) is 0 Å². The minimum Gasteiger partial charge on any atom is -0.420 e. The Bertz CT molecular complexity index is 832. The number of aryl methyl sites for hydroxylation is 1. The smallest absolute Gasteiger partial charge is 0.249 e. The molecule has 120 valence electrons. The number of nitrogens with zero attached hydrogens (tertiary/aromatic N) is 5. The molecule has 0 saturated carbocycles. The van der Waals surface area contributed by atoms with Gasteiger partial charge in [-0.3, -0.25) is 0 Å². The van der Waals surface area contributed by atoms with Crippen molar-refractivity contribution in [2.75, 3.05) is 0 Å². The maximum Gasteiger partial charge on any atom is 0.249 e. The van der Waals surface area contributed by atoms with Crippen molar-refractivity contribution in [1.82, 2.24) is 25.0 Å². The summed E-state index contributed by atoms with van der Waals surface area (Å²) in [5.74, 6) is 2.26. The third kappa shape index (κ3) is 3.52. The van der Waals surface area contributed by atoms with Crippen LogP contribution in [-0.4, -0.2) is 25.0 Å². The number of aromatic nitrogens is 5. The van der Waals surface area contributed by atoms with E-state index in [1.54, 1.807) is 18.2 Å². The molecule has 1 aromatic carbocycles. The van der Waals surface area contributed by atoms with Crippen molar-refractivity contribution in [3.63, 3.8) is 0 Å². The summed E-state index contributed by atoms with van der Waals surface area (Å²) in [6, 6.07) is 5.13. The second-order valence-electron chi connectivity index (χ2n) is 4.69. The van der Waals surface area contributed by atoms with Crippen LogP contribution >= 0.6 is 35.0 Å². The van der Waals surface area contributed by atoms with Gasteiger partial charge >= 0.3 is 0 Å². The monoisotopic (exact) mass is 369 g/mol. The summed E-state index contributed by atoms with van der Waals surface area (Å²) in [6.45, 7) is 4.79. The van der Waals surface area contributed by atoms with Gasteiger partial charge in [0.2, 0.25) is 11.8 Å². The van der Waals surface area contributed by atoms with Gasteiger partial charge in [-0.2, -0.15) is 0 Å². The Hall–Kier alpha value is -1.57. The standard InChI is InChI=1S/C14H13Cl2N5OS/c1-3-21-8(2)17-20-14(21)23-7-12-18-19-13(22-12)10-5-4-9(15)6-11(10)16/h4-6H,3,7H2,1-2H3. The van der Waals surface area contributed by atoms with E-state index in [1.165, 1.54) is 11.8 Å². The molecule has 6 nitrogen and oxygen atoms in total. The van der Waals surface area contributed by atoms with Crippen molar-refractivity contribution < 1.29 is 4.42 Å². The molecule has 0 radical (unpaired) electrons. The molecule has 0 aliphatic rings. The van der Waals surface area contributed by atoms with Crippen LogP contribution in [0.3, 0.4) is 0 Å². The van der Waals surface area contributed by atoms with Gasteiger partial charge in [-0.15, -0.1) is 20.4 Å². The van der Waals surface area contributed by atoms with E-state index in [2.05, 4.69) is 20.4 Å². The van der Waals surface area contributed by atoms with Gasteiger partial charge in [-0.05, 0) is 32.0 Å². The fourth-order valence-corrected chi connectivity index (χ4v) is 3.42. The summed E-state index contributed by atoms with van der Waals surface area (Å²) >= 11 is 13.5. The van der Waals surface area contributed by atoms with Crippen LogP contribution in [-0.2, 0) is 12.3 Å². The largest absolute Gasteiger partial charge is 0.420 e. The molecule has 3 aromatic rings. The first kappa shape index (κ1) is 16.3. The first-order valence-corrected chi connectivity index (χ1v) is 8.63. The van der Waals surface area contributed by atoms with E-state index in [0.29, 0.717) is 33.1 Å². The summed E-state index contributed by atoms with van der Waals surface area (Å²) in [4.78, 5) is 0. The van der Waals surface area contributed by atoms with E-state index in [-0.39, 0.29) is 0 Å². The van der Waals surface area contributed by atoms with E-state index in [9.17, 15) is 0 Å². The second-order valence-corrected chi connectivity index (χ2v) is 6.47. The van der Waals surface area contributed by atoms with Gasteiger partial charge in [0.15, 0.2) is 5.16 Å². The summed E-state index contributed by atoms with van der Waals surface area (Å²) in [6.07, 6.45) is 0. The van der Waals surface area contributed by atoms with Crippen LogP contribution in [0.15, 0.2) is 27.8 Å². The van der Waals surface area contributed by atoms with Crippen molar-refractivity contribution in [3.8, 4) is 11.5 Å². The zero-order chi connectivity index (χ0) is 16.4. The molecule has 0 N–H and O–H groups in total. The zero-order valence-corrected chi connectivity index (χ0v) is 14.8. The molecular weight excluding hydrogens is 357 g/mol. The van der Waals surface area contributed by atoms with Crippen LogP contribution in [0, 0.1) is 6.92 Å². The number of hydrogen-bond donors (Lipinski definition) is 0. The minimum absolute atomic E-state index is 0.371. The molecule has 9 heteroatoms. The fourth-order valence-electron chi connectivity index (χ4n) is 2.04. The maximum absolute atomic E-state index is 6.15. The summed E-state index contributed by atoms with van der Waals surface area (Å²) < 4.78 is 7.69. The molecule has 0 saturated heterocycles. The number of halogens is 2. The molecule has 3 rings (SSSR count). The van der Waals surface area contributed by atoms with Gasteiger partial charge in [0.25, 0.3) is 0 Å². The predicted octanol–water partition coefficient (Wildman–Crippen LogP) is 4.26. The quantitative estimate of drug-likeness (QED) is 0.625. The lowest BCUT2D eigenvalue weighted by atomic mass is 10.2. The van der Waals surface area contributed by atoms with Crippen LogP contribution in [0.4, 0.5) is 0 Å². The molecule has 0 unspecified atom stereocenters. The van der Waals surface area contributed by atoms with E-state index in [4.69, 9.17) is 27.6 Å². The predicted molar refractivity (Wildman–Crippen MR) is 89.7 cm³/mol. The molecule has 0 spiro atoms. The normalized spacial score (nSPS) is 11.1. The molecular formula is C14H13Cl2N5OS. The van der Waals surface area contributed by atoms with Crippen LogP contribution in [0.1, 0.15) is 18.6 Å². The van der Waals surface area contributed by atoms with Gasteiger partial charge in [0, 0.05) is 11.6 Å². The van der Waals surface area contributed by atoms with E-state index >= 15 is 0 Å². The first-order valence-electron chi connectivity index (χ1n) is 6.89. The van der Waals surface area contributed by atoms with Crippen LogP contribution < -0.4 is 0 Å². The Morgan fingerprint density at radius 1 is 1.17 bits per heavy atom. The highest BCUT2D eigenvalue weighted by Crippen LogP contribution is 2.30. The van der Waals surface area contributed by atoms with Gasteiger partial charge in [0.1, 0.15) is 5.82 Å². The topological polar surface area (TPSA) is 69.6 Å². The summed E-state index contributed by atoms with van der Waals surface area (Å²) in [5, 5.41) is 18.2. The van der Waals surface area contributed by atoms with E-state index in [0.717, 1.165) is 17.5 Å². The molecule has 0 bridgehead atoms. The number of benzene rings is 1. The Morgan fingerprint density at radius 3 is 2.74 bits per heavy atom. The van der Waals surface area contributed by atoms with Crippen molar-refractivity contribution in [1.29, 1.82) is 0 Å². The van der Waals surface area contributed by atoms with Crippen LogP contribution in [0.2, 0.25) is 10.0 Å². The van der Waals surface area contributed by atoms with E-state index in [1.807, 2.05) is 18.4 Å². The first-order chi connectivity index (χ1) is 11.1. The number of rotatable bonds is 5. The highest BCUT2D eigenvalue weighted by atomic mass is 35.5. The summed E-state index contributed by atoms with van der Waals surface area (Å²) in [7, 11) is 0. The van der Waals surface area contributed by atoms with Crippen molar-refractivity contribution in [2.24, 2.45) is 0 Å². The molecule has 0 fully saturated rings. The lowest BCUT2D eigenvalue weighted by molar-refractivity contribution is 0.528. The average molecular weight is 370 g/mol. The maximum atomic E-state index is 6.15. The molecule has 2 heterocycles. The fraction of sp³-hybridized carbons (Fsp3) is 0.286. The molecule has 0 aliphatic heterocycles. The van der Waals surface area contributed by atoms with Gasteiger partial charge in [-0.1, -0.05) is 35.0 Å². The molecule has 0 amide bonds. The molecule has 0 atom stereocenters. The van der Waals surface area contributed by atoms with Gasteiger partial charge in [0.05, 0.1) is 16.3 Å². The SMILES string of the molecule is CCn1c(C)nnc1SCc1nnc(-c2ccc(Cl)cc2Cl)o1. The Labute approximate surface area is 147 Å². The number of thioether (sulfide) groups is 1. The van der Waals surface area contributed by atoms with Gasteiger partial charge in [-0.25, -0.2) is 0 Å². The third-order valence-corrected chi connectivity index (χ3v) is 4.67. The second kappa shape index (κ2) is 6.90. The minimum atomic E-state index is 0.371. The third-order valence-electron chi connectivity index (χ3n) is 3.17. The lowest BCUT2D eigenvalue weighted by Crippen LogP contribution is -1.99. The zero-order valence-electron chi connectivity index (χ0n) is 12.5. The highest BCUT2D eigenvalue weighted by Gasteiger charge is 2.14. The van der Waals surface area contributed by atoms with Crippen LogP contribution in [0.25, 0.3) is 11.5 Å². The Kier molecular flexibility index (Phi) is 4.89. The molecule has 2 aromatic heterocycles. The number of hydrogen-bond acceptors (Lipinski definition) is 6. The Morgan fingerprint density at radius 2 is 2.00 bits per heavy atom. The average Bonchev–Trinajstić information content (AvgIpc) is 3.11. The van der Waals surface area contributed by atoms with Crippen molar-refractivity contribution >= 4 is 35.0 Å². The molecule has 23 heavy (non-hydrogen) atoms. The van der Waals surface area contributed by atoms with E-state index < -0.39 is 0 Å². The Balaban J connectivity index is 1.74. The van der Waals surface area contributed by atoms with Crippen molar-refractivity contribution in [2.45, 2.75) is 31.3 Å². The lowest BCUT2D eigenvalue weighted by Gasteiger charge is -2.02. The highest BCUT2D eigenvalue weighted by molar-refractivity contribution is 7.98. The van der Waals surface area contributed by atoms with Gasteiger partial charge < -0.3 is 8.98 Å².